The summed E-state index contributed by atoms with van der Waals surface area (Å²) in [5.74, 6) is -1.18. The van der Waals surface area contributed by atoms with Crippen LogP contribution in [0, 0.1) is 18.6 Å². The molecule has 96 valence electrons. The van der Waals surface area contributed by atoms with Crippen LogP contribution in [-0.4, -0.2) is 16.7 Å². The van der Waals surface area contributed by atoms with Gasteiger partial charge in [-0.3, -0.25) is 0 Å². The maximum absolute atomic E-state index is 13.9. The fourth-order valence-electron chi connectivity index (χ4n) is 1.56. The van der Waals surface area contributed by atoms with E-state index in [4.69, 9.17) is 5.73 Å². The Bertz CT molecular complexity index is 554. The Hall–Kier alpha value is -1.40. The lowest BCUT2D eigenvalue weighted by atomic mass is 10.1. The summed E-state index contributed by atoms with van der Waals surface area (Å²) >= 11 is 1.21. The highest BCUT2D eigenvalue weighted by molar-refractivity contribution is 7.14. The number of nitrogens with two attached hydrogens (primary N) is 1. The molecule has 2 N–H and O–H groups in total. The van der Waals surface area contributed by atoms with Crippen LogP contribution in [-0.2, 0) is 6.42 Å². The number of halogens is 2. The molecule has 1 heterocycles. The molecule has 2 rings (SSSR count). The van der Waals surface area contributed by atoms with Crippen molar-refractivity contribution in [2.24, 2.45) is 5.73 Å². The first-order valence-electron chi connectivity index (χ1n) is 5.61. The van der Waals surface area contributed by atoms with Gasteiger partial charge in [0.05, 0.1) is 5.56 Å². The van der Waals surface area contributed by atoms with E-state index in [-0.39, 0.29) is 10.6 Å². The van der Waals surface area contributed by atoms with Crippen molar-refractivity contribution >= 4 is 11.3 Å². The summed E-state index contributed by atoms with van der Waals surface area (Å²) in [4.78, 5) is 0. The van der Waals surface area contributed by atoms with Gasteiger partial charge in [-0.05, 0) is 31.5 Å². The normalized spacial score (nSPS) is 10.9. The van der Waals surface area contributed by atoms with Crippen LogP contribution in [0.15, 0.2) is 12.1 Å². The maximum Gasteiger partial charge on any atom is 0.153 e. The van der Waals surface area contributed by atoms with Crippen molar-refractivity contribution in [2.45, 2.75) is 19.8 Å². The second kappa shape index (κ2) is 5.49. The number of hydrogen-bond donors (Lipinski definition) is 1. The zero-order valence-electron chi connectivity index (χ0n) is 9.91. The van der Waals surface area contributed by atoms with Gasteiger partial charge in [0, 0.05) is 6.42 Å². The van der Waals surface area contributed by atoms with E-state index in [9.17, 15) is 8.78 Å². The van der Waals surface area contributed by atoms with E-state index in [2.05, 4.69) is 10.2 Å². The summed E-state index contributed by atoms with van der Waals surface area (Å²) in [7, 11) is 0. The molecule has 0 aliphatic carbocycles. The van der Waals surface area contributed by atoms with Crippen molar-refractivity contribution < 1.29 is 8.78 Å². The van der Waals surface area contributed by atoms with Gasteiger partial charge in [-0.15, -0.1) is 10.2 Å². The third-order valence-electron chi connectivity index (χ3n) is 2.56. The largest absolute Gasteiger partial charge is 0.330 e. The Balaban J connectivity index is 2.37. The lowest BCUT2D eigenvalue weighted by Crippen LogP contribution is -1.99. The lowest BCUT2D eigenvalue weighted by molar-refractivity contribution is 0.583. The lowest BCUT2D eigenvalue weighted by Gasteiger charge is -2.03. The van der Waals surface area contributed by atoms with Crippen LogP contribution in [0.4, 0.5) is 8.78 Å². The zero-order chi connectivity index (χ0) is 13.1. The Labute approximate surface area is 108 Å². The highest BCUT2D eigenvalue weighted by Gasteiger charge is 2.17. The molecular weight excluding hydrogens is 256 g/mol. The van der Waals surface area contributed by atoms with Crippen LogP contribution in [0.1, 0.15) is 17.0 Å². The molecule has 1 aromatic carbocycles. The van der Waals surface area contributed by atoms with Crippen LogP contribution in [0.2, 0.25) is 0 Å². The van der Waals surface area contributed by atoms with Crippen molar-refractivity contribution in [3.63, 3.8) is 0 Å². The third-order valence-corrected chi connectivity index (χ3v) is 3.56. The summed E-state index contributed by atoms with van der Waals surface area (Å²) < 4.78 is 27.5. The minimum atomic E-state index is -0.611. The first kappa shape index (κ1) is 13.0. The Morgan fingerprint density at radius 1 is 1.28 bits per heavy atom. The molecule has 0 saturated carbocycles. The summed E-state index contributed by atoms with van der Waals surface area (Å²) in [6, 6.07) is 2.65. The maximum atomic E-state index is 13.9. The Kier molecular flexibility index (Phi) is 3.98. The number of aromatic nitrogens is 2. The van der Waals surface area contributed by atoms with E-state index < -0.39 is 11.6 Å². The molecule has 1 aromatic heterocycles. The second-order valence-electron chi connectivity index (χ2n) is 3.95. The van der Waals surface area contributed by atoms with Gasteiger partial charge < -0.3 is 5.73 Å². The van der Waals surface area contributed by atoms with Gasteiger partial charge in [-0.1, -0.05) is 17.4 Å². The van der Waals surface area contributed by atoms with Gasteiger partial charge in [-0.2, -0.15) is 0 Å². The average Bonchev–Trinajstić information content (AvgIpc) is 2.80. The molecule has 18 heavy (non-hydrogen) atoms. The molecule has 0 saturated heterocycles. The van der Waals surface area contributed by atoms with Crippen molar-refractivity contribution in [3.8, 4) is 10.6 Å². The Morgan fingerprint density at radius 2 is 2.06 bits per heavy atom. The van der Waals surface area contributed by atoms with E-state index in [1.165, 1.54) is 23.5 Å². The number of hydrogen-bond acceptors (Lipinski definition) is 4. The third kappa shape index (κ3) is 2.54. The van der Waals surface area contributed by atoms with E-state index >= 15 is 0 Å². The minimum Gasteiger partial charge on any atom is -0.330 e. The predicted octanol–water partition coefficient (Wildman–Crippen LogP) is 2.68. The first-order valence-corrected chi connectivity index (χ1v) is 6.42. The summed E-state index contributed by atoms with van der Waals surface area (Å²) in [5, 5.41) is 8.80. The van der Waals surface area contributed by atoms with Crippen molar-refractivity contribution in [1.82, 2.24) is 10.2 Å². The molecular formula is C12H13F2N3S. The molecule has 0 fully saturated rings. The molecule has 6 heteroatoms. The van der Waals surface area contributed by atoms with Crippen LogP contribution in [0.25, 0.3) is 10.6 Å². The van der Waals surface area contributed by atoms with Crippen LogP contribution < -0.4 is 5.73 Å². The summed E-state index contributed by atoms with van der Waals surface area (Å²) in [6.07, 6.45) is 1.47. The predicted molar refractivity (Wildman–Crippen MR) is 67.4 cm³/mol. The topological polar surface area (TPSA) is 51.8 Å². The van der Waals surface area contributed by atoms with Gasteiger partial charge in [-0.25, -0.2) is 8.78 Å². The molecule has 0 radical (unpaired) electrons. The minimum absolute atomic E-state index is 0.0912. The van der Waals surface area contributed by atoms with E-state index in [0.717, 1.165) is 11.4 Å². The highest BCUT2D eigenvalue weighted by atomic mass is 32.1. The molecule has 0 amide bonds. The number of nitrogens with zero attached hydrogens (tertiary/aromatic N) is 2. The van der Waals surface area contributed by atoms with Gasteiger partial charge in [0.2, 0.25) is 0 Å². The monoisotopic (exact) mass is 269 g/mol. The standard InChI is InChI=1S/C12H13F2N3S/c1-7-4-5-8(13)10(11(7)14)12-17-16-9(18-12)3-2-6-15/h4-5H,2-3,6,15H2,1H3. The van der Waals surface area contributed by atoms with Crippen LogP contribution >= 0.6 is 11.3 Å². The number of rotatable bonds is 4. The summed E-state index contributed by atoms with van der Waals surface area (Å²) in [6.45, 7) is 2.15. The molecule has 0 spiro atoms. The van der Waals surface area contributed by atoms with Gasteiger partial charge in [0.25, 0.3) is 0 Å². The van der Waals surface area contributed by atoms with Crippen LogP contribution in [0.5, 0.6) is 0 Å². The van der Waals surface area contributed by atoms with Crippen molar-refractivity contribution in [2.75, 3.05) is 6.54 Å². The second-order valence-corrected chi connectivity index (χ2v) is 5.01. The molecule has 0 aliphatic rings. The Morgan fingerprint density at radius 3 is 2.78 bits per heavy atom. The molecule has 0 bridgehead atoms. The molecule has 0 unspecified atom stereocenters. The van der Waals surface area contributed by atoms with E-state index in [1.807, 2.05) is 0 Å². The summed E-state index contributed by atoms with van der Waals surface area (Å²) in [5.41, 5.74) is 5.70. The molecule has 2 aromatic rings. The van der Waals surface area contributed by atoms with Crippen molar-refractivity contribution in [1.29, 1.82) is 0 Å². The number of benzene rings is 1. The highest BCUT2D eigenvalue weighted by Crippen LogP contribution is 2.30. The molecule has 3 nitrogen and oxygen atoms in total. The quantitative estimate of drug-likeness (QED) is 0.928. The van der Waals surface area contributed by atoms with E-state index in [0.29, 0.717) is 18.5 Å². The molecule has 0 atom stereocenters. The average molecular weight is 269 g/mol. The van der Waals surface area contributed by atoms with Gasteiger partial charge in [0.15, 0.2) is 5.01 Å². The fraction of sp³-hybridized carbons (Fsp3) is 0.333. The van der Waals surface area contributed by atoms with Gasteiger partial charge >= 0.3 is 0 Å². The first-order chi connectivity index (χ1) is 8.63. The van der Waals surface area contributed by atoms with Crippen molar-refractivity contribution in [3.05, 3.63) is 34.3 Å². The smallest absolute Gasteiger partial charge is 0.153 e. The van der Waals surface area contributed by atoms with Crippen LogP contribution in [0.3, 0.4) is 0 Å². The van der Waals surface area contributed by atoms with E-state index in [1.54, 1.807) is 6.92 Å². The fourth-order valence-corrected chi connectivity index (χ4v) is 2.48. The van der Waals surface area contributed by atoms with Gasteiger partial charge in [0.1, 0.15) is 16.6 Å². The zero-order valence-corrected chi connectivity index (χ0v) is 10.7. The number of aryl methyl sites for hydroxylation is 2. The molecule has 0 aliphatic heterocycles. The SMILES string of the molecule is Cc1ccc(F)c(-c2nnc(CCCN)s2)c1F.